The average Bonchev–Trinajstić information content (AvgIpc) is 3.20. The van der Waals surface area contributed by atoms with E-state index in [1.807, 2.05) is 12.1 Å². The molecule has 1 aromatic carbocycles. The molecule has 144 valence electrons. The molecule has 1 aromatic rings. The summed E-state index contributed by atoms with van der Waals surface area (Å²) in [5.74, 6) is 1.94. The minimum Gasteiger partial charge on any atom is -0.497 e. The van der Waals surface area contributed by atoms with Gasteiger partial charge in [0.25, 0.3) is 0 Å². The molecule has 1 atom stereocenters. The van der Waals surface area contributed by atoms with Crippen LogP contribution in [0.25, 0.3) is 0 Å². The molecule has 2 heterocycles. The van der Waals surface area contributed by atoms with Gasteiger partial charge in [-0.2, -0.15) is 0 Å². The molecule has 3 rings (SSSR count). The molecule has 6 heteroatoms. The van der Waals surface area contributed by atoms with E-state index in [1.54, 1.807) is 14.2 Å². The molecular weight excluding hydrogens is 332 g/mol. The zero-order valence-corrected chi connectivity index (χ0v) is 15.8. The van der Waals surface area contributed by atoms with E-state index < -0.39 is 0 Å². The maximum Gasteiger partial charge on any atom is 0.223 e. The molecule has 2 aliphatic rings. The smallest absolute Gasteiger partial charge is 0.223 e. The highest BCUT2D eigenvalue weighted by Gasteiger charge is 2.26. The van der Waals surface area contributed by atoms with E-state index in [0.717, 1.165) is 69.0 Å². The Morgan fingerprint density at radius 3 is 2.69 bits per heavy atom. The van der Waals surface area contributed by atoms with Gasteiger partial charge in [0.1, 0.15) is 11.5 Å². The number of hydrogen-bond donors (Lipinski definition) is 1. The number of methoxy groups -OCH3 is 2. The zero-order valence-electron chi connectivity index (χ0n) is 15.8. The standard InChI is InChI=1S/C20H30N2O4/c1-24-17-6-5-16(19(12-17)25-2)14-22-9-7-15(8-10-22)20(23)21-13-18-4-3-11-26-18/h5-6,12,15,18H,3-4,7-11,13-14H2,1-2H3,(H,21,23)/t18-/m0/s1. The number of carbonyl (C=O) groups excluding carboxylic acids is 1. The predicted octanol–water partition coefficient (Wildman–Crippen LogP) is 2.21. The first-order chi connectivity index (χ1) is 12.7. The van der Waals surface area contributed by atoms with Crippen LogP contribution in [0.5, 0.6) is 11.5 Å². The van der Waals surface area contributed by atoms with Crippen LogP contribution in [-0.2, 0) is 16.1 Å². The number of nitrogens with one attached hydrogen (secondary N) is 1. The summed E-state index contributed by atoms with van der Waals surface area (Å²) in [5.41, 5.74) is 1.15. The second-order valence-corrected chi connectivity index (χ2v) is 7.11. The molecule has 6 nitrogen and oxygen atoms in total. The maximum absolute atomic E-state index is 12.4. The van der Waals surface area contributed by atoms with Gasteiger partial charge >= 0.3 is 0 Å². The number of benzene rings is 1. The van der Waals surface area contributed by atoms with Crippen molar-refractivity contribution in [2.24, 2.45) is 5.92 Å². The van der Waals surface area contributed by atoms with Crippen LogP contribution in [0.3, 0.4) is 0 Å². The molecule has 2 saturated heterocycles. The molecular formula is C20H30N2O4. The first-order valence-corrected chi connectivity index (χ1v) is 9.52. The van der Waals surface area contributed by atoms with Gasteiger partial charge in [0.05, 0.1) is 20.3 Å². The summed E-state index contributed by atoms with van der Waals surface area (Å²) in [6.45, 7) is 4.16. The Morgan fingerprint density at radius 1 is 1.23 bits per heavy atom. The highest BCUT2D eigenvalue weighted by molar-refractivity contribution is 5.78. The van der Waals surface area contributed by atoms with Crippen molar-refractivity contribution in [3.05, 3.63) is 23.8 Å². The number of nitrogens with zero attached hydrogens (tertiary/aromatic N) is 1. The van der Waals surface area contributed by atoms with Gasteiger partial charge in [-0.3, -0.25) is 9.69 Å². The van der Waals surface area contributed by atoms with Crippen molar-refractivity contribution < 1.29 is 19.0 Å². The monoisotopic (exact) mass is 362 g/mol. The molecule has 0 unspecified atom stereocenters. The Kier molecular flexibility index (Phi) is 6.74. The van der Waals surface area contributed by atoms with E-state index in [9.17, 15) is 4.79 Å². The summed E-state index contributed by atoms with van der Waals surface area (Å²) in [7, 11) is 3.34. The largest absolute Gasteiger partial charge is 0.497 e. The number of carbonyl (C=O) groups is 1. The third-order valence-electron chi connectivity index (χ3n) is 5.37. The Morgan fingerprint density at radius 2 is 2.04 bits per heavy atom. The van der Waals surface area contributed by atoms with Gasteiger partial charge in [0.15, 0.2) is 0 Å². The van der Waals surface area contributed by atoms with Crippen molar-refractivity contribution >= 4 is 5.91 Å². The summed E-state index contributed by atoms with van der Waals surface area (Å²) in [5, 5.41) is 3.07. The van der Waals surface area contributed by atoms with Crippen LogP contribution in [0.2, 0.25) is 0 Å². The summed E-state index contributed by atoms with van der Waals surface area (Å²) in [6, 6.07) is 5.93. The molecule has 0 spiro atoms. The predicted molar refractivity (Wildman–Crippen MR) is 99.5 cm³/mol. The van der Waals surface area contributed by atoms with Gasteiger partial charge in [0, 0.05) is 37.2 Å². The average molecular weight is 362 g/mol. The van der Waals surface area contributed by atoms with Gasteiger partial charge in [-0.15, -0.1) is 0 Å². The number of hydrogen-bond acceptors (Lipinski definition) is 5. The van der Waals surface area contributed by atoms with E-state index >= 15 is 0 Å². The topological polar surface area (TPSA) is 60.0 Å². The number of rotatable bonds is 7. The quantitative estimate of drug-likeness (QED) is 0.806. The van der Waals surface area contributed by atoms with Crippen LogP contribution in [0.1, 0.15) is 31.2 Å². The van der Waals surface area contributed by atoms with Crippen molar-refractivity contribution in [1.82, 2.24) is 10.2 Å². The van der Waals surface area contributed by atoms with Crippen molar-refractivity contribution in [1.29, 1.82) is 0 Å². The molecule has 1 amide bonds. The molecule has 26 heavy (non-hydrogen) atoms. The summed E-state index contributed by atoms with van der Waals surface area (Å²) < 4.78 is 16.3. The molecule has 1 N–H and O–H groups in total. The number of likely N-dealkylation sites (tertiary alicyclic amines) is 1. The van der Waals surface area contributed by atoms with E-state index in [-0.39, 0.29) is 17.9 Å². The minimum absolute atomic E-state index is 0.116. The fourth-order valence-corrected chi connectivity index (χ4v) is 3.74. The molecule has 0 aromatic heterocycles. The zero-order chi connectivity index (χ0) is 18.4. The lowest BCUT2D eigenvalue weighted by Gasteiger charge is -2.31. The Hall–Kier alpha value is -1.79. The second kappa shape index (κ2) is 9.24. The Bertz CT molecular complexity index is 593. The first-order valence-electron chi connectivity index (χ1n) is 9.52. The molecule has 0 bridgehead atoms. The van der Waals surface area contributed by atoms with Crippen LogP contribution < -0.4 is 14.8 Å². The minimum atomic E-state index is 0.116. The van der Waals surface area contributed by atoms with Gasteiger partial charge in [-0.1, -0.05) is 6.07 Å². The van der Waals surface area contributed by atoms with Crippen LogP contribution in [0.4, 0.5) is 0 Å². The van der Waals surface area contributed by atoms with Crippen LogP contribution in [-0.4, -0.2) is 57.4 Å². The lowest BCUT2D eigenvalue weighted by atomic mass is 9.95. The Labute approximate surface area is 155 Å². The molecule has 0 saturated carbocycles. The van der Waals surface area contributed by atoms with Gasteiger partial charge in [-0.25, -0.2) is 0 Å². The van der Waals surface area contributed by atoms with Crippen molar-refractivity contribution in [2.75, 3.05) is 40.5 Å². The summed E-state index contributed by atoms with van der Waals surface area (Å²) in [4.78, 5) is 14.8. The number of piperidine rings is 1. The van der Waals surface area contributed by atoms with E-state index in [2.05, 4.69) is 16.3 Å². The summed E-state index contributed by atoms with van der Waals surface area (Å²) in [6.07, 6.45) is 4.17. The SMILES string of the molecule is COc1ccc(CN2CCC(C(=O)NC[C@@H]3CCCO3)CC2)c(OC)c1. The van der Waals surface area contributed by atoms with E-state index in [4.69, 9.17) is 14.2 Å². The van der Waals surface area contributed by atoms with Crippen LogP contribution in [0, 0.1) is 5.92 Å². The third-order valence-corrected chi connectivity index (χ3v) is 5.37. The van der Waals surface area contributed by atoms with Crippen molar-refractivity contribution in [2.45, 2.75) is 38.3 Å². The fraction of sp³-hybridized carbons (Fsp3) is 0.650. The fourth-order valence-electron chi connectivity index (χ4n) is 3.74. The lowest BCUT2D eigenvalue weighted by Crippen LogP contribution is -2.42. The van der Waals surface area contributed by atoms with Gasteiger partial charge < -0.3 is 19.5 Å². The van der Waals surface area contributed by atoms with Crippen LogP contribution in [0.15, 0.2) is 18.2 Å². The summed E-state index contributed by atoms with van der Waals surface area (Å²) >= 11 is 0. The second-order valence-electron chi connectivity index (χ2n) is 7.11. The lowest BCUT2D eigenvalue weighted by molar-refractivity contribution is -0.127. The molecule has 2 aliphatic heterocycles. The van der Waals surface area contributed by atoms with Crippen LogP contribution >= 0.6 is 0 Å². The molecule has 0 aliphatic carbocycles. The normalized spacial score (nSPS) is 21.5. The molecule has 2 fully saturated rings. The highest BCUT2D eigenvalue weighted by atomic mass is 16.5. The van der Waals surface area contributed by atoms with E-state index in [0.29, 0.717) is 6.54 Å². The van der Waals surface area contributed by atoms with Gasteiger partial charge in [-0.05, 0) is 44.8 Å². The Balaban J connectivity index is 1.45. The van der Waals surface area contributed by atoms with Crippen molar-refractivity contribution in [3.8, 4) is 11.5 Å². The molecule has 0 radical (unpaired) electrons. The van der Waals surface area contributed by atoms with Gasteiger partial charge in [0.2, 0.25) is 5.91 Å². The van der Waals surface area contributed by atoms with E-state index in [1.165, 1.54) is 0 Å². The third kappa shape index (κ3) is 4.89. The number of ether oxygens (including phenoxy) is 3. The first kappa shape index (κ1) is 19.0. The highest BCUT2D eigenvalue weighted by Crippen LogP contribution is 2.27. The number of amides is 1. The maximum atomic E-state index is 12.4. The van der Waals surface area contributed by atoms with Crippen molar-refractivity contribution in [3.63, 3.8) is 0 Å².